The molecule has 26 heavy (non-hydrogen) atoms. The monoisotopic (exact) mass is 438 g/mol. The number of hydrogen-bond acceptors (Lipinski definition) is 4. The van der Waals surface area contributed by atoms with E-state index in [2.05, 4.69) is 20.9 Å². The molecule has 0 aliphatic rings. The van der Waals surface area contributed by atoms with Crippen LogP contribution in [0.3, 0.4) is 0 Å². The highest BCUT2D eigenvalue weighted by Gasteiger charge is 2.21. The lowest BCUT2D eigenvalue weighted by Crippen LogP contribution is -2.23. The van der Waals surface area contributed by atoms with Crippen molar-refractivity contribution in [1.29, 1.82) is 0 Å². The Morgan fingerprint density at radius 3 is 2.69 bits per heavy atom. The molecular weight excluding hydrogens is 426 g/mol. The molecule has 0 atom stereocenters. The molecular formula is C18H13BrF2N2O2S. The van der Waals surface area contributed by atoms with E-state index in [0.717, 1.165) is 0 Å². The van der Waals surface area contributed by atoms with Crippen molar-refractivity contribution in [1.82, 2.24) is 4.98 Å². The summed E-state index contributed by atoms with van der Waals surface area (Å²) in [5.74, 6) is -1.28. The Hall–Kier alpha value is -2.32. The third-order valence-electron chi connectivity index (χ3n) is 3.41. The molecule has 3 aromatic rings. The second kappa shape index (κ2) is 7.92. The molecule has 0 bridgehead atoms. The Morgan fingerprint density at radius 2 is 2.00 bits per heavy atom. The first-order valence-corrected chi connectivity index (χ1v) is 9.20. The quantitative estimate of drug-likeness (QED) is 0.531. The Labute approximate surface area is 161 Å². The predicted octanol–water partition coefficient (Wildman–Crippen LogP) is 5.45. The summed E-state index contributed by atoms with van der Waals surface area (Å²) in [5.41, 5.74) is 0.635. The van der Waals surface area contributed by atoms with Crippen molar-refractivity contribution in [3.05, 3.63) is 69.6 Å². The van der Waals surface area contributed by atoms with Crippen LogP contribution in [-0.4, -0.2) is 10.9 Å². The number of benzene rings is 2. The molecule has 0 N–H and O–H groups in total. The van der Waals surface area contributed by atoms with Crippen molar-refractivity contribution in [2.45, 2.75) is 13.5 Å². The van der Waals surface area contributed by atoms with E-state index in [1.165, 1.54) is 47.4 Å². The lowest BCUT2D eigenvalue weighted by atomic mass is 10.3. The van der Waals surface area contributed by atoms with Gasteiger partial charge in [0.15, 0.2) is 16.7 Å². The Morgan fingerprint density at radius 1 is 1.23 bits per heavy atom. The molecule has 0 radical (unpaired) electrons. The minimum Gasteiger partial charge on any atom is -0.484 e. The van der Waals surface area contributed by atoms with Gasteiger partial charge in [-0.05, 0) is 30.3 Å². The fourth-order valence-electron chi connectivity index (χ4n) is 2.25. The van der Waals surface area contributed by atoms with Crippen LogP contribution in [0.25, 0.3) is 0 Å². The molecule has 4 nitrogen and oxygen atoms in total. The molecule has 0 saturated carbocycles. The van der Waals surface area contributed by atoms with Crippen molar-refractivity contribution < 1.29 is 18.3 Å². The Balaban J connectivity index is 1.79. The molecule has 0 spiro atoms. The SMILES string of the molecule is CC(=O)N(c1nc(COc2ccc(Br)cc2F)cs1)c1ccccc1F. The first-order chi connectivity index (χ1) is 12.5. The van der Waals surface area contributed by atoms with Crippen molar-refractivity contribution >= 4 is 44.0 Å². The summed E-state index contributed by atoms with van der Waals surface area (Å²) < 4.78 is 33.9. The fraction of sp³-hybridized carbons (Fsp3) is 0.111. The van der Waals surface area contributed by atoms with Gasteiger partial charge < -0.3 is 4.74 Å². The van der Waals surface area contributed by atoms with Gasteiger partial charge >= 0.3 is 0 Å². The molecule has 1 heterocycles. The number of thiazole rings is 1. The number of carbonyl (C=O) groups is 1. The summed E-state index contributed by atoms with van der Waals surface area (Å²) in [6, 6.07) is 10.4. The maximum atomic E-state index is 14.1. The molecule has 8 heteroatoms. The van der Waals surface area contributed by atoms with Gasteiger partial charge in [0.25, 0.3) is 0 Å². The highest BCUT2D eigenvalue weighted by atomic mass is 79.9. The number of carbonyl (C=O) groups excluding carboxylic acids is 1. The van der Waals surface area contributed by atoms with Gasteiger partial charge in [0.05, 0.1) is 11.4 Å². The van der Waals surface area contributed by atoms with Crippen molar-refractivity contribution in [3.63, 3.8) is 0 Å². The van der Waals surface area contributed by atoms with Crippen LogP contribution in [0.15, 0.2) is 52.3 Å². The highest BCUT2D eigenvalue weighted by molar-refractivity contribution is 9.10. The van der Waals surface area contributed by atoms with E-state index in [1.54, 1.807) is 23.6 Å². The van der Waals surface area contributed by atoms with E-state index in [9.17, 15) is 13.6 Å². The van der Waals surface area contributed by atoms with Gasteiger partial charge in [0, 0.05) is 16.8 Å². The third-order valence-corrected chi connectivity index (χ3v) is 4.78. The predicted molar refractivity (Wildman–Crippen MR) is 99.8 cm³/mol. The van der Waals surface area contributed by atoms with Gasteiger partial charge in [-0.1, -0.05) is 28.1 Å². The van der Waals surface area contributed by atoms with E-state index in [4.69, 9.17) is 4.74 Å². The molecule has 134 valence electrons. The molecule has 2 aromatic carbocycles. The average molecular weight is 439 g/mol. The minimum atomic E-state index is -0.521. The van der Waals surface area contributed by atoms with E-state index in [1.807, 2.05) is 0 Å². The zero-order chi connectivity index (χ0) is 18.7. The number of rotatable bonds is 5. The van der Waals surface area contributed by atoms with Crippen LogP contribution in [0.1, 0.15) is 12.6 Å². The maximum Gasteiger partial charge on any atom is 0.230 e. The lowest BCUT2D eigenvalue weighted by Gasteiger charge is -2.18. The van der Waals surface area contributed by atoms with Crippen molar-refractivity contribution in [2.24, 2.45) is 0 Å². The average Bonchev–Trinajstić information content (AvgIpc) is 3.04. The largest absolute Gasteiger partial charge is 0.484 e. The van der Waals surface area contributed by atoms with Crippen LogP contribution >= 0.6 is 27.3 Å². The van der Waals surface area contributed by atoms with Crippen LogP contribution in [0.2, 0.25) is 0 Å². The van der Waals surface area contributed by atoms with Crippen LogP contribution < -0.4 is 9.64 Å². The van der Waals surface area contributed by atoms with Crippen molar-refractivity contribution in [2.75, 3.05) is 4.90 Å². The van der Waals surface area contributed by atoms with Crippen LogP contribution in [0.5, 0.6) is 5.75 Å². The number of para-hydroxylation sites is 1. The number of halogens is 3. The number of anilines is 2. The smallest absolute Gasteiger partial charge is 0.230 e. The van der Waals surface area contributed by atoms with E-state index >= 15 is 0 Å². The number of aromatic nitrogens is 1. The minimum absolute atomic E-state index is 0.0259. The molecule has 1 amide bonds. The maximum absolute atomic E-state index is 14.1. The van der Waals surface area contributed by atoms with E-state index in [-0.39, 0.29) is 24.0 Å². The van der Waals surface area contributed by atoms with Gasteiger partial charge in [-0.3, -0.25) is 9.69 Å². The third kappa shape index (κ3) is 4.08. The number of hydrogen-bond donors (Lipinski definition) is 0. The van der Waals surface area contributed by atoms with Crippen molar-refractivity contribution in [3.8, 4) is 5.75 Å². The van der Waals surface area contributed by atoms with Gasteiger partial charge in [0.1, 0.15) is 12.4 Å². The zero-order valence-electron chi connectivity index (χ0n) is 13.6. The molecule has 0 fully saturated rings. The number of amides is 1. The molecule has 0 aliphatic carbocycles. The van der Waals surface area contributed by atoms with Gasteiger partial charge in [-0.15, -0.1) is 11.3 Å². The van der Waals surface area contributed by atoms with Gasteiger partial charge in [0.2, 0.25) is 5.91 Å². The second-order valence-electron chi connectivity index (χ2n) is 5.29. The Bertz CT molecular complexity index is 948. The molecule has 0 aliphatic heterocycles. The highest BCUT2D eigenvalue weighted by Crippen LogP contribution is 2.31. The first kappa shape index (κ1) is 18.5. The summed E-state index contributed by atoms with van der Waals surface area (Å²) in [7, 11) is 0. The van der Waals surface area contributed by atoms with Crippen LogP contribution in [0, 0.1) is 11.6 Å². The number of ether oxygens (including phenoxy) is 1. The molecule has 0 saturated heterocycles. The summed E-state index contributed by atoms with van der Waals surface area (Å²) in [4.78, 5) is 17.5. The lowest BCUT2D eigenvalue weighted by molar-refractivity contribution is -0.115. The topological polar surface area (TPSA) is 42.4 Å². The standard InChI is InChI=1S/C18H13BrF2N2O2S/c1-11(24)23(16-5-3-2-4-14(16)20)18-22-13(10-26-18)9-25-17-7-6-12(19)8-15(17)21/h2-8,10H,9H2,1H3. The fourth-order valence-corrected chi connectivity index (χ4v) is 3.45. The van der Waals surface area contributed by atoms with E-state index in [0.29, 0.717) is 15.3 Å². The van der Waals surface area contributed by atoms with Gasteiger partial charge in [-0.25, -0.2) is 13.8 Å². The Kier molecular flexibility index (Phi) is 5.63. The van der Waals surface area contributed by atoms with Gasteiger partial charge in [-0.2, -0.15) is 0 Å². The van der Waals surface area contributed by atoms with Crippen LogP contribution in [-0.2, 0) is 11.4 Å². The number of nitrogens with zero attached hydrogens (tertiary/aromatic N) is 2. The zero-order valence-corrected chi connectivity index (χ0v) is 16.0. The molecule has 1 aromatic heterocycles. The summed E-state index contributed by atoms with van der Waals surface area (Å²) in [5, 5.41) is 2.00. The summed E-state index contributed by atoms with van der Waals surface area (Å²) in [6.07, 6.45) is 0. The summed E-state index contributed by atoms with van der Waals surface area (Å²) >= 11 is 4.36. The van der Waals surface area contributed by atoms with E-state index < -0.39 is 11.6 Å². The summed E-state index contributed by atoms with van der Waals surface area (Å²) in [6.45, 7) is 1.36. The molecule has 0 unspecified atom stereocenters. The van der Waals surface area contributed by atoms with Crippen LogP contribution in [0.4, 0.5) is 19.6 Å². The normalized spacial score (nSPS) is 10.6. The second-order valence-corrected chi connectivity index (χ2v) is 7.04. The first-order valence-electron chi connectivity index (χ1n) is 7.53. The molecule has 3 rings (SSSR count).